The Morgan fingerprint density at radius 1 is 1.18 bits per heavy atom. The van der Waals surface area contributed by atoms with E-state index < -0.39 is 17.7 Å². The van der Waals surface area contributed by atoms with Gasteiger partial charge in [0.05, 0.1) is 17.2 Å². The SMILES string of the molecule is N#CCCC(=O)N1C(=O)c2ccccc2C1=O. The second kappa shape index (κ2) is 4.18. The molecule has 0 aliphatic carbocycles. The first kappa shape index (κ1) is 11.0. The van der Waals surface area contributed by atoms with Crippen LogP contribution in [0.4, 0.5) is 0 Å². The zero-order valence-electron chi connectivity index (χ0n) is 8.84. The van der Waals surface area contributed by atoms with E-state index in [0.717, 1.165) is 0 Å². The van der Waals surface area contributed by atoms with Gasteiger partial charge in [0.15, 0.2) is 0 Å². The number of amides is 3. The molecule has 0 unspecified atom stereocenters. The molecule has 0 saturated heterocycles. The van der Waals surface area contributed by atoms with Gasteiger partial charge in [0.25, 0.3) is 11.8 Å². The fourth-order valence-corrected chi connectivity index (χ4v) is 1.69. The first-order chi connectivity index (χ1) is 8.16. The fourth-order valence-electron chi connectivity index (χ4n) is 1.69. The minimum absolute atomic E-state index is 0.00770. The first-order valence-corrected chi connectivity index (χ1v) is 5.04. The molecule has 0 saturated carbocycles. The average molecular weight is 228 g/mol. The first-order valence-electron chi connectivity index (χ1n) is 5.04. The topological polar surface area (TPSA) is 78.2 Å². The Morgan fingerprint density at radius 3 is 2.18 bits per heavy atom. The van der Waals surface area contributed by atoms with Crippen LogP contribution in [0.25, 0.3) is 0 Å². The van der Waals surface area contributed by atoms with Crippen molar-refractivity contribution in [1.82, 2.24) is 4.90 Å². The summed E-state index contributed by atoms with van der Waals surface area (Å²) in [5.41, 5.74) is 0.477. The fraction of sp³-hybridized carbons (Fsp3) is 0.167. The molecule has 0 bridgehead atoms. The summed E-state index contributed by atoms with van der Waals surface area (Å²) in [6.07, 6.45) is -0.131. The van der Waals surface area contributed by atoms with Gasteiger partial charge in [-0.2, -0.15) is 5.26 Å². The van der Waals surface area contributed by atoms with E-state index in [1.54, 1.807) is 18.2 Å². The summed E-state index contributed by atoms with van der Waals surface area (Å²) >= 11 is 0. The molecule has 1 aromatic rings. The zero-order chi connectivity index (χ0) is 12.4. The van der Waals surface area contributed by atoms with E-state index in [1.807, 2.05) is 0 Å². The molecule has 3 amide bonds. The maximum absolute atomic E-state index is 11.8. The highest BCUT2D eigenvalue weighted by atomic mass is 16.2. The molecule has 0 aromatic heterocycles. The third-order valence-electron chi connectivity index (χ3n) is 2.49. The van der Waals surface area contributed by atoms with Crippen molar-refractivity contribution in [3.8, 4) is 6.07 Å². The van der Waals surface area contributed by atoms with E-state index in [2.05, 4.69) is 0 Å². The summed E-state index contributed by atoms with van der Waals surface area (Å²) in [7, 11) is 0. The van der Waals surface area contributed by atoms with Crippen molar-refractivity contribution in [2.75, 3.05) is 0 Å². The highest BCUT2D eigenvalue weighted by molar-refractivity contribution is 6.28. The van der Waals surface area contributed by atoms with E-state index in [-0.39, 0.29) is 24.0 Å². The van der Waals surface area contributed by atoms with Crippen molar-refractivity contribution < 1.29 is 14.4 Å². The summed E-state index contributed by atoms with van der Waals surface area (Å²) in [5.74, 6) is -1.83. The highest BCUT2D eigenvalue weighted by Crippen LogP contribution is 2.23. The maximum Gasteiger partial charge on any atom is 0.268 e. The van der Waals surface area contributed by atoms with E-state index in [9.17, 15) is 14.4 Å². The van der Waals surface area contributed by atoms with Gasteiger partial charge in [-0.05, 0) is 12.1 Å². The number of imide groups is 3. The van der Waals surface area contributed by atoms with Crippen LogP contribution < -0.4 is 0 Å². The lowest BCUT2D eigenvalue weighted by atomic mass is 10.1. The summed E-state index contributed by atoms with van der Waals surface area (Å²) in [5, 5.41) is 8.37. The third kappa shape index (κ3) is 1.70. The monoisotopic (exact) mass is 228 g/mol. The number of hydrogen-bond acceptors (Lipinski definition) is 4. The quantitative estimate of drug-likeness (QED) is 0.710. The van der Waals surface area contributed by atoms with Crippen molar-refractivity contribution in [1.29, 1.82) is 5.26 Å². The minimum atomic E-state index is -0.627. The van der Waals surface area contributed by atoms with E-state index in [4.69, 9.17) is 5.26 Å². The molecule has 1 aliphatic heterocycles. The van der Waals surface area contributed by atoms with Crippen molar-refractivity contribution in [2.24, 2.45) is 0 Å². The lowest BCUT2D eigenvalue weighted by Gasteiger charge is -2.09. The zero-order valence-corrected chi connectivity index (χ0v) is 8.84. The van der Waals surface area contributed by atoms with Gasteiger partial charge >= 0.3 is 0 Å². The molecule has 0 fully saturated rings. The number of hydrogen-bond donors (Lipinski definition) is 0. The number of fused-ring (bicyclic) bond motifs is 1. The lowest BCUT2D eigenvalue weighted by molar-refractivity contribution is -0.126. The van der Waals surface area contributed by atoms with Crippen LogP contribution in [-0.2, 0) is 4.79 Å². The van der Waals surface area contributed by atoms with Gasteiger partial charge in [0, 0.05) is 12.8 Å². The van der Waals surface area contributed by atoms with Gasteiger partial charge < -0.3 is 0 Å². The van der Waals surface area contributed by atoms with Gasteiger partial charge in [-0.15, -0.1) is 0 Å². The second-order valence-corrected chi connectivity index (χ2v) is 3.54. The number of carbonyl (C=O) groups excluding carboxylic acids is 3. The van der Waals surface area contributed by atoms with Gasteiger partial charge in [-0.1, -0.05) is 12.1 Å². The van der Waals surface area contributed by atoms with Crippen molar-refractivity contribution >= 4 is 17.7 Å². The number of carbonyl (C=O) groups is 3. The highest BCUT2D eigenvalue weighted by Gasteiger charge is 2.38. The van der Waals surface area contributed by atoms with Gasteiger partial charge in [-0.3, -0.25) is 14.4 Å². The molecule has 0 spiro atoms. The molecular formula is C12H8N2O3. The molecule has 5 heteroatoms. The number of rotatable bonds is 2. The number of nitriles is 1. The average Bonchev–Trinajstić information content (AvgIpc) is 2.60. The summed E-state index contributed by atoms with van der Waals surface area (Å²) in [4.78, 5) is 35.9. The summed E-state index contributed by atoms with van der Waals surface area (Å²) in [6.45, 7) is 0. The van der Waals surface area contributed by atoms with Gasteiger partial charge in [-0.25, -0.2) is 4.90 Å². The standard InChI is InChI=1S/C12H8N2O3/c13-7-3-6-10(15)14-11(16)8-4-1-2-5-9(8)12(14)17/h1-2,4-5H,3,6H2. The van der Waals surface area contributed by atoms with Crippen molar-refractivity contribution in [3.63, 3.8) is 0 Å². The van der Waals surface area contributed by atoms with E-state index in [1.165, 1.54) is 12.1 Å². The molecule has 2 rings (SSSR count). The van der Waals surface area contributed by atoms with Crippen LogP contribution >= 0.6 is 0 Å². The van der Waals surface area contributed by atoms with Crippen LogP contribution in [0.2, 0.25) is 0 Å². The molecule has 1 aliphatic rings. The van der Waals surface area contributed by atoms with Gasteiger partial charge in [0.1, 0.15) is 0 Å². The Kier molecular flexibility index (Phi) is 2.71. The van der Waals surface area contributed by atoms with Crippen LogP contribution in [-0.4, -0.2) is 22.6 Å². The molecule has 0 atom stereocenters. The Labute approximate surface area is 97.3 Å². The molecule has 1 heterocycles. The maximum atomic E-state index is 11.8. The molecule has 84 valence electrons. The van der Waals surface area contributed by atoms with Crippen LogP contribution in [0.5, 0.6) is 0 Å². The Bertz CT molecular complexity index is 522. The van der Waals surface area contributed by atoms with E-state index >= 15 is 0 Å². The van der Waals surface area contributed by atoms with E-state index in [0.29, 0.717) is 4.90 Å². The molecule has 0 N–H and O–H groups in total. The lowest BCUT2D eigenvalue weighted by Crippen LogP contribution is -2.35. The van der Waals surface area contributed by atoms with Crippen molar-refractivity contribution in [3.05, 3.63) is 35.4 Å². The predicted octanol–water partition coefficient (Wildman–Crippen LogP) is 1.11. The van der Waals surface area contributed by atoms with Crippen molar-refractivity contribution in [2.45, 2.75) is 12.8 Å². The largest absolute Gasteiger partial charge is 0.274 e. The number of benzene rings is 1. The summed E-state index contributed by atoms with van der Waals surface area (Å²) < 4.78 is 0. The second-order valence-electron chi connectivity index (χ2n) is 3.54. The molecule has 5 nitrogen and oxygen atoms in total. The predicted molar refractivity (Wildman–Crippen MR) is 56.8 cm³/mol. The molecular weight excluding hydrogens is 220 g/mol. The minimum Gasteiger partial charge on any atom is -0.274 e. The number of nitrogens with zero attached hydrogens (tertiary/aromatic N) is 2. The Hall–Kier alpha value is -2.48. The Morgan fingerprint density at radius 2 is 1.71 bits per heavy atom. The Balaban J connectivity index is 2.31. The van der Waals surface area contributed by atoms with Crippen LogP contribution in [0.1, 0.15) is 33.6 Å². The van der Waals surface area contributed by atoms with Crippen LogP contribution in [0.3, 0.4) is 0 Å². The normalized spacial score (nSPS) is 13.5. The van der Waals surface area contributed by atoms with Crippen LogP contribution in [0, 0.1) is 11.3 Å². The molecule has 1 aromatic carbocycles. The summed E-state index contributed by atoms with van der Waals surface area (Å²) in [6, 6.07) is 8.08. The van der Waals surface area contributed by atoms with Gasteiger partial charge in [0.2, 0.25) is 5.91 Å². The third-order valence-corrected chi connectivity index (χ3v) is 2.49. The van der Waals surface area contributed by atoms with Crippen LogP contribution in [0.15, 0.2) is 24.3 Å². The molecule has 0 radical (unpaired) electrons. The molecule has 17 heavy (non-hydrogen) atoms. The smallest absolute Gasteiger partial charge is 0.268 e.